The molecule has 2 N–H and O–H groups in total. The first-order chi connectivity index (χ1) is 9.88. The van der Waals surface area contributed by atoms with Crippen LogP contribution in [0.1, 0.15) is 25.1 Å². The van der Waals surface area contributed by atoms with Gasteiger partial charge in [-0.3, -0.25) is 9.71 Å². The third-order valence-corrected chi connectivity index (χ3v) is 5.71. The molecule has 0 radical (unpaired) electrons. The highest BCUT2D eigenvalue weighted by molar-refractivity contribution is 7.94. The Morgan fingerprint density at radius 2 is 2.14 bits per heavy atom. The summed E-state index contributed by atoms with van der Waals surface area (Å²) in [7, 11) is -3.55. The maximum atomic E-state index is 12.4. The van der Waals surface area contributed by atoms with Gasteiger partial charge in [-0.25, -0.2) is 8.42 Å². The number of pyridine rings is 1. The van der Waals surface area contributed by atoms with Crippen LogP contribution in [0.25, 0.3) is 0 Å². The van der Waals surface area contributed by atoms with Crippen molar-refractivity contribution in [1.29, 1.82) is 0 Å². The van der Waals surface area contributed by atoms with Gasteiger partial charge >= 0.3 is 0 Å². The van der Waals surface area contributed by atoms with E-state index in [4.69, 9.17) is 0 Å². The average molecular weight is 325 g/mol. The van der Waals surface area contributed by atoms with Crippen LogP contribution in [-0.4, -0.2) is 19.4 Å². The molecule has 0 unspecified atom stereocenters. The van der Waals surface area contributed by atoms with Gasteiger partial charge in [-0.15, -0.1) is 11.3 Å². The minimum Gasteiger partial charge on any atom is -0.310 e. The molecule has 0 aliphatic heterocycles. The van der Waals surface area contributed by atoms with Crippen molar-refractivity contribution in [1.82, 2.24) is 10.3 Å². The van der Waals surface area contributed by atoms with Crippen LogP contribution in [0.4, 0.5) is 5.69 Å². The van der Waals surface area contributed by atoms with E-state index in [1.165, 1.54) is 11.3 Å². The zero-order valence-corrected chi connectivity index (χ0v) is 13.9. The molecule has 2 rings (SSSR count). The van der Waals surface area contributed by atoms with Crippen molar-refractivity contribution in [3.63, 3.8) is 0 Å². The van der Waals surface area contributed by atoms with Crippen molar-refractivity contribution in [2.75, 3.05) is 4.72 Å². The number of aromatic nitrogens is 1. The van der Waals surface area contributed by atoms with E-state index in [1.54, 1.807) is 31.3 Å². The van der Waals surface area contributed by atoms with Crippen LogP contribution in [-0.2, 0) is 16.6 Å². The standard InChI is InChI=1S/C14H19N3O2S2/c1-10(2)16-8-12-7-14(20-9-12)21(18,19)17-13-5-4-6-15-11(13)3/h4-7,9-10,16-17H,8H2,1-3H3. The zero-order valence-electron chi connectivity index (χ0n) is 12.3. The second-order valence-electron chi connectivity index (χ2n) is 5.05. The molecule has 0 saturated heterocycles. The fourth-order valence-electron chi connectivity index (χ4n) is 1.70. The Kier molecular flexibility index (Phi) is 4.97. The van der Waals surface area contributed by atoms with Gasteiger partial charge in [0.15, 0.2) is 0 Å². The number of nitrogens with one attached hydrogen (secondary N) is 2. The second-order valence-corrected chi connectivity index (χ2v) is 7.87. The predicted molar refractivity (Wildman–Crippen MR) is 86.1 cm³/mol. The lowest BCUT2D eigenvalue weighted by molar-refractivity contribution is 0.589. The molecule has 0 aromatic carbocycles. The SMILES string of the molecule is Cc1ncccc1NS(=O)(=O)c1cc(CNC(C)C)cs1. The summed E-state index contributed by atoms with van der Waals surface area (Å²) in [4.78, 5) is 4.08. The van der Waals surface area contributed by atoms with Gasteiger partial charge in [0.25, 0.3) is 10.0 Å². The van der Waals surface area contributed by atoms with Crippen LogP contribution in [0.15, 0.2) is 34.0 Å². The third kappa shape index (κ3) is 4.26. The van der Waals surface area contributed by atoms with Gasteiger partial charge in [0.2, 0.25) is 0 Å². The summed E-state index contributed by atoms with van der Waals surface area (Å²) < 4.78 is 27.6. The van der Waals surface area contributed by atoms with Gasteiger partial charge in [0, 0.05) is 18.8 Å². The molecule has 0 saturated carbocycles. The van der Waals surface area contributed by atoms with Gasteiger partial charge < -0.3 is 5.32 Å². The van der Waals surface area contributed by atoms with E-state index in [9.17, 15) is 8.42 Å². The number of hydrogen-bond donors (Lipinski definition) is 2. The van der Waals surface area contributed by atoms with Crippen molar-refractivity contribution in [3.8, 4) is 0 Å². The number of nitrogens with zero attached hydrogens (tertiary/aromatic N) is 1. The number of hydrogen-bond acceptors (Lipinski definition) is 5. The summed E-state index contributed by atoms with van der Waals surface area (Å²) in [5.74, 6) is 0. The molecule has 2 aromatic heterocycles. The van der Waals surface area contributed by atoms with Gasteiger partial charge in [0.05, 0.1) is 11.4 Å². The summed E-state index contributed by atoms with van der Waals surface area (Å²) in [6, 6.07) is 5.47. The molecule has 21 heavy (non-hydrogen) atoms. The summed E-state index contributed by atoms with van der Waals surface area (Å²) >= 11 is 1.22. The minimum atomic E-state index is -3.55. The topological polar surface area (TPSA) is 71.1 Å². The maximum absolute atomic E-state index is 12.4. The fourth-order valence-corrected chi connectivity index (χ4v) is 4.02. The number of sulfonamides is 1. The lowest BCUT2D eigenvalue weighted by Crippen LogP contribution is -2.21. The Morgan fingerprint density at radius 3 is 2.81 bits per heavy atom. The summed E-state index contributed by atoms with van der Waals surface area (Å²) in [6.07, 6.45) is 1.63. The van der Waals surface area contributed by atoms with E-state index < -0.39 is 10.0 Å². The van der Waals surface area contributed by atoms with Gasteiger partial charge in [-0.1, -0.05) is 13.8 Å². The van der Waals surface area contributed by atoms with Gasteiger partial charge in [0.1, 0.15) is 4.21 Å². The summed E-state index contributed by atoms with van der Waals surface area (Å²) in [5.41, 5.74) is 2.13. The Balaban J connectivity index is 2.15. The van der Waals surface area contributed by atoms with Gasteiger partial charge in [-0.05, 0) is 36.1 Å². The Hall–Kier alpha value is -1.44. The van der Waals surface area contributed by atoms with Gasteiger partial charge in [-0.2, -0.15) is 0 Å². The first-order valence-corrected chi connectivity index (χ1v) is 9.00. The molecule has 0 bridgehead atoms. The quantitative estimate of drug-likeness (QED) is 0.857. The largest absolute Gasteiger partial charge is 0.310 e. The van der Waals surface area contributed by atoms with Crippen LogP contribution in [0.5, 0.6) is 0 Å². The van der Waals surface area contributed by atoms with E-state index in [1.807, 2.05) is 5.38 Å². The molecule has 7 heteroatoms. The van der Waals surface area contributed by atoms with Crippen molar-refractivity contribution in [2.45, 2.75) is 37.6 Å². The molecule has 5 nitrogen and oxygen atoms in total. The molecular formula is C14H19N3O2S2. The van der Waals surface area contributed by atoms with E-state index >= 15 is 0 Å². The van der Waals surface area contributed by atoms with Crippen LogP contribution in [0.2, 0.25) is 0 Å². The molecule has 0 fully saturated rings. The van der Waals surface area contributed by atoms with E-state index in [-0.39, 0.29) is 0 Å². The van der Waals surface area contributed by atoms with Crippen LogP contribution >= 0.6 is 11.3 Å². The highest BCUT2D eigenvalue weighted by atomic mass is 32.2. The first-order valence-electron chi connectivity index (χ1n) is 6.64. The van der Waals surface area contributed by atoms with Crippen molar-refractivity contribution >= 4 is 27.0 Å². The van der Waals surface area contributed by atoms with Crippen LogP contribution in [0.3, 0.4) is 0 Å². The Morgan fingerprint density at radius 1 is 1.38 bits per heavy atom. The molecule has 0 amide bonds. The zero-order chi connectivity index (χ0) is 15.5. The second kappa shape index (κ2) is 6.55. The molecule has 0 atom stereocenters. The van der Waals surface area contributed by atoms with Crippen LogP contribution < -0.4 is 10.0 Å². The molecule has 0 spiro atoms. The van der Waals surface area contributed by atoms with Crippen LogP contribution in [0, 0.1) is 6.92 Å². The molecule has 0 aliphatic carbocycles. The smallest absolute Gasteiger partial charge is 0.271 e. The van der Waals surface area contributed by atoms with E-state index in [2.05, 4.69) is 28.9 Å². The molecule has 2 heterocycles. The normalized spacial score (nSPS) is 11.8. The van der Waals surface area contributed by atoms with Crippen molar-refractivity contribution in [2.24, 2.45) is 0 Å². The highest BCUT2D eigenvalue weighted by Gasteiger charge is 2.18. The lowest BCUT2D eigenvalue weighted by Gasteiger charge is -2.08. The average Bonchev–Trinajstić information content (AvgIpc) is 2.88. The monoisotopic (exact) mass is 325 g/mol. The maximum Gasteiger partial charge on any atom is 0.271 e. The predicted octanol–water partition coefficient (Wildman–Crippen LogP) is 2.75. The highest BCUT2D eigenvalue weighted by Crippen LogP contribution is 2.24. The first kappa shape index (κ1) is 15.9. The molecule has 114 valence electrons. The summed E-state index contributed by atoms with van der Waals surface area (Å²) in [5, 5.41) is 5.13. The third-order valence-electron chi connectivity index (χ3n) is 2.86. The number of aryl methyl sites for hydroxylation is 1. The number of anilines is 1. The van der Waals surface area contributed by atoms with E-state index in [0.29, 0.717) is 28.2 Å². The lowest BCUT2D eigenvalue weighted by atomic mass is 10.3. The molecule has 2 aromatic rings. The Bertz CT molecular complexity index is 709. The Labute approximate surface area is 129 Å². The van der Waals surface area contributed by atoms with E-state index in [0.717, 1.165) is 5.56 Å². The molecular weight excluding hydrogens is 306 g/mol. The number of thiophene rings is 1. The fraction of sp³-hybridized carbons (Fsp3) is 0.357. The molecule has 0 aliphatic rings. The van der Waals surface area contributed by atoms with Crippen molar-refractivity contribution in [3.05, 3.63) is 41.0 Å². The van der Waals surface area contributed by atoms with Crippen molar-refractivity contribution < 1.29 is 8.42 Å². The number of rotatable bonds is 6. The minimum absolute atomic E-state index is 0.311. The summed E-state index contributed by atoms with van der Waals surface area (Å²) in [6.45, 7) is 6.54.